The minimum atomic E-state index is -1.05. The number of aliphatic hydroxyl groups excluding tert-OH is 1. The summed E-state index contributed by atoms with van der Waals surface area (Å²) in [5.74, 6) is -0.373. The number of hydrogen-bond acceptors (Lipinski definition) is 5. The van der Waals surface area contributed by atoms with Crippen LogP contribution in [0.3, 0.4) is 0 Å². The van der Waals surface area contributed by atoms with Gasteiger partial charge in [0.1, 0.15) is 12.0 Å². The van der Waals surface area contributed by atoms with Crippen molar-refractivity contribution in [3.63, 3.8) is 0 Å². The van der Waals surface area contributed by atoms with Gasteiger partial charge in [-0.2, -0.15) is 0 Å². The van der Waals surface area contributed by atoms with E-state index in [0.717, 1.165) is 31.4 Å². The van der Waals surface area contributed by atoms with Crippen molar-refractivity contribution >= 4 is 23.2 Å². The molecular formula is C24H32ClFN4O2. The molecule has 0 saturated heterocycles. The van der Waals surface area contributed by atoms with Gasteiger partial charge in [0.25, 0.3) is 0 Å². The molecule has 1 amide bonds. The Balaban J connectivity index is 1.47. The molecule has 0 spiro atoms. The van der Waals surface area contributed by atoms with Crippen LogP contribution in [-0.4, -0.2) is 34.8 Å². The lowest BCUT2D eigenvalue weighted by molar-refractivity contribution is -0.125. The maximum absolute atomic E-state index is 14.3. The number of aromatic nitrogens is 1. The highest BCUT2D eigenvalue weighted by Gasteiger charge is 2.34. The first kappa shape index (κ1) is 24.4. The molecule has 2 aromatic rings. The monoisotopic (exact) mass is 462 g/mol. The van der Waals surface area contributed by atoms with E-state index in [1.165, 1.54) is 6.07 Å². The fourth-order valence-corrected chi connectivity index (χ4v) is 4.50. The maximum atomic E-state index is 14.3. The Morgan fingerprint density at radius 2 is 1.84 bits per heavy atom. The number of benzene rings is 1. The van der Waals surface area contributed by atoms with Crippen molar-refractivity contribution in [2.75, 3.05) is 11.9 Å². The first-order chi connectivity index (χ1) is 15.2. The number of nitrogens with one attached hydrogen (secondary N) is 2. The summed E-state index contributed by atoms with van der Waals surface area (Å²) in [6.45, 7) is 3.69. The summed E-state index contributed by atoms with van der Waals surface area (Å²) in [6.07, 6.45) is 6.21. The molecule has 1 aliphatic rings. The van der Waals surface area contributed by atoms with Gasteiger partial charge in [0.15, 0.2) is 0 Å². The van der Waals surface area contributed by atoms with Gasteiger partial charge in [-0.3, -0.25) is 9.78 Å². The summed E-state index contributed by atoms with van der Waals surface area (Å²) >= 11 is 5.83. The summed E-state index contributed by atoms with van der Waals surface area (Å²) in [5, 5.41) is 16.8. The summed E-state index contributed by atoms with van der Waals surface area (Å²) in [5.41, 5.74) is 6.47. The highest BCUT2D eigenvalue weighted by molar-refractivity contribution is 6.30. The normalized spacial score (nSPS) is 20.9. The van der Waals surface area contributed by atoms with Gasteiger partial charge in [0, 0.05) is 47.2 Å². The summed E-state index contributed by atoms with van der Waals surface area (Å²) in [7, 11) is 0. The first-order valence-electron chi connectivity index (χ1n) is 11.0. The Bertz CT molecular complexity index is 904. The number of carbonyl (C=O) groups is 1. The molecule has 8 heteroatoms. The molecule has 174 valence electrons. The zero-order valence-corrected chi connectivity index (χ0v) is 19.3. The number of aliphatic hydroxyl groups is 1. The third-order valence-electron chi connectivity index (χ3n) is 6.53. The standard InChI is InChI=1S/C24H32ClFN4O2/c1-24(2,19-8-7-17(25)13-20(19)26)23(32)29-14-21(27)15-3-5-16(6-4-15)22(31)30-18-9-11-28-12-10-18/h7-13,15-16,21-22,31H,3-6,14,27H2,1-2H3,(H,28,30)(H,29,32). The Morgan fingerprint density at radius 3 is 2.47 bits per heavy atom. The minimum absolute atomic E-state index is 0.146. The zero-order valence-electron chi connectivity index (χ0n) is 18.5. The molecule has 1 fully saturated rings. The van der Waals surface area contributed by atoms with Gasteiger partial charge in [-0.05, 0) is 69.7 Å². The number of hydrogen-bond donors (Lipinski definition) is 4. The SMILES string of the molecule is CC(C)(C(=O)NCC(N)C1CCC(C(O)Nc2ccncc2)CC1)c1ccc(Cl)cc1F. The van der Waals surface area contributed by atoms with E-state index in [1.54, 1.807) is 38.4 Å². The molecule has 1 aromatic carbocycles. The Hall–Kier alpha value is -2.22. The molecule has 0 radical (unpaired) electrons. The average Bonchev–Trinajstić information content (AvgIpc) is 2.77. The lowest BCUT2D eigenvalue weighted by atomic mass is 9.77. The smallest absolute Gasteiger partial charge is 0.230 e. The Morgan fingerprint density at radius 1 is 1.22 bits per heavy atom. The average molecular weight is 463 g/mol. The number of halogens is 2. The quantitative estimate of drug-likeness (QED) is 0.447. The lowest BCUT2D eigenvalue weighted by Crippen LogP contribution is -2.48. The number of rotatable bonds is 8. The van der Waals surface area contributed by atoms with Crippen molar-refractivity contribution in [2.24, 2.45) is 17.6 Å². The molecule has 3 rings (SSSR count). The number of amides is 1. The van der Waals surface area contributed by atoms with Gasteiger partial charge in [-0.1, -0.05) is 17.7 Å². The van der Waals surface area contributed by atoms with E-state index in [1.807, 2.05) is 12.1 Å². The number of carbonyl (C=O) groups excluding carboxylic acids is 1. The third kappa shape index (κ3) is 5.97. The molecule has 5 N–H and O–H groups in total. The second-order valence-corrected chi connectivity index (χ2v) is 9.56. The summed E-state index contributed by atoms with van der Waals surface area (Å²) in [6, 6.07) is 7.79. The molecule has 2 unspecified atom stereocenters. The molecule has 2 atom stereocenters. The van der Waals surface area contributed by atoms with Crippen LogP contribution < -0.4 is 16.4 Å². The van der Waals surface area contributed by atoms with Crippen molar-refractivity contribution in [1.29, 1.82) is 0 Å². The van der Waals surface area contributed by atoms with Crippen molar-refractivity contribution in [3.8, 4) is 0 Å². The molecule has 1 saturated carbocycles. The number of anilines is 1. The topological polar surface area (TPSA) is 100 Å². The predicted molar refractivity (Wildman–Crippen MR) is 125 cm³/mol. The fourth-order valence-electron chi connectivity index (χ4n) is 4.34. The predicted octanol–water partition coefficient (Wildman–Crippen LogP) is 3.83. The van der Waals surface area contributed by atoms with Gasteiger partial charge in [-0.25, -0.2) is 4.39 Å². The van der Waals surface area contributed by atoms with Crippen molar-refractivity contribution in [2.45, 2.75) is 57.2 Å². The third-order valence-corrected chi connectivity index (χ3v) is 6.77. The molecule has 0 aliphatic heterocycles. The van der Waals surface area contributed by atoms with Crippen molar-refractivity contribution < 1.29 is 14.3 Å². The second kappa shape index (κ2) is 10.6. The van der Waals surface area contributed by atoms with E-state index in [9.17, 15) is 14.3 Å². The number of nitrogens with two attached hydrogens (primary N) is 1. The largest absolute Gasteiger partial charge is 0.374 e. The van der Waals surface area contributed by atoms with Crippen LogP contribution in [0.4, 0.5) is 10.1 Å². The molecule has 32 heavy (non-hydrogen) atoms. The number of pyridine rings is 1. The van der Waals surface area contributed by atoms with Crippen LogP contribution in [0.5, 0.6) is 0 Å². The van der Waals surface area contributed by atoms with E-state index in [0.29, 0.717) is 17.1 Å². The highest BCUT2D eigenvalue weighted by Crippen LogP contribution is 2.33. The van der Waals surface area contributed by atoms with E-state index in [2.05, 4.69) is 15.6 Å². The minimum Gasteiger partial charge on any atom is -0.374 e. The fraction of sp³-hybridized carbons (Fsp3) is 0.500. The number of nitrogens with zero attached hydrogens (tertiary/aromatic N) is 1. The van der Waals surface area contributed by atoms with Gasteiger partial charge < -0.3 is 21.5 Å². The van der Waals surface area contributed by atoms with E-state index >= 15 is 0 Å². The highest BCUT2D eigenvalue weighted by atomic mass is 35.5. The van der Waals surface area contributed by atoms with Crippen LogP contribution in [0.1, 0.15) is 45.1 Å². The first-order valence-corrected chi connectivity index (χ1v) is 11.4. The maximum Gasteiger partial charge on any atom is 0.230 e. The molecule has 1 aliphatic carbocycles. The van der Waals surface area contributed by atoms with Crippen LogP contribution in [0.2, 0.25) is 5.02 Å². The van der Waals surface area contributed by atoms with Crippen LogP contribution in [0.25, 0.3) is 0 Å². The van der Waals surface area contributed by atoms with Gasteiger partial charge in [0.2, 0.25) is 5.91 Å². The van der Waals surface area contributed by atoms with Gasteiger partial charge >= 0.3 is 0 Å². The van der Waals surface area contributed by atoms with Crippen LogP contribution in [0.15, 0.2) is 42.7 Å². The lowest BCUT2D eigenvalue weighted by Gasteiger charge is -2.35. The van der Waals surface area contributed by atoms with Crippen LogP contribution in [-0.2, 0) is 10.2 Å². The molecule has 6 nitrogen and oxygen atoms in total. The van der Waals surface area contributed by atoms with Crippen LogP contribution >= 0.6 is 11.6 Å². The molecule has 0 bridgehead atoms. The van der Waals surface area contributed by atoms with Crippen molar-refractivity contribution in [1.82, 2.24) is 10.3 Å². The Labute approximate surface area is 193 Å². The molecule has 1 aromatic heterocycles. The van der Waals surface area contributed by atoms with E-state index in [-0.39, 0.29) is 23.8 Å². The molecular weight excluding hydrogens is 431 g/mol. The van der Waals surface area contributed by atoms with Crippen molar-refractivity contribution in [3.05, 3.63) is 59.1 Å². The van der Waals surface area contributed by atoms with Gasteiger partial charge in [0.05, 0.1) is 5.41 Å². The zero-order chi connectivity index (χ0) is 23.3. The Kier molecular flexibility index (Phi) is 8.09. The van der Waals surface area contributed by atoms with Gasteiger partial charge in [-0.15, -0.1) is 0 Å². The molecule has 1 heterocycles. The van der Waals surface area contributed by atoms with Crippen LogP contribution in [0, 0.1) is 17.7 Å². The summed E-state index contributed by atoms with van der Waals surface area (Å²) < 4.78 is 14.3. The van der Waals surface area contributed by atoms with E-state index in [4.69, 9.17) is 17.3 Å². The second-order valence-electron chi connectivity index (χ2n) is 9.12. The van der Waals surface area contributed by atoms with E-state index < -0.39 is 17.5 Å². The summed E-state index contributed by atoms with van der Waals surface area (Å²) in [4.78, 5) is 16.8.